The summed E-state index contributed by atoms with van der Waals surface area (Å²) in [5, 5.41) is 2.86. The lowest BCUT2D eigenvalue weighted by atomic mass is 9.94. The third-order valence-electron chi connectivity index (χ3n) is 5.75. The lowest BCUT2D eigenvalue weighted by Crippen LogP contribution is -2.50. The standard InChI is InChI=1S/C23H24F3N3O4/c24-23(25,26)22(31)29(17-6-7-18-19(14-17)33-13-12-32-18)20(15-8-10-27-11-9-15)21(30)28-16-4-2-1-3-5-16/h6-11,14,16,20H,1-5,12-13H2,(H,28,30). The van der Waals surface area contributed by atoms with E-state index in [2.05, 4.69) is 10.3 Å². The summed E-state index contributed by atoms with van der Waals surface area (Å²) in [4.78, 5) is 30.4. The van der Waals surface area contributed by atoms with E-state index in [1.807, 2.05) is 0 Å². The lowest BCUT2D eigenvalue weighted by molar-refractivity contribution is -0.171. The fourth-order valence-corrected chi connectivity index (χ4v) is 4.19. The van der Waals surface area contributed by atoms with Gasteiger partial charge in [-0.05, 0) is 42.7 Å². The molecule has 1 aliphatic heterocycles. The summed E-state index contributed by atoms with van der Waals surface area (Å²) in [6, 6.07) is 5.20. The topological polar surface area (TPSA) is 80.8 Å². The second-order valence-electron chi connectivity index (χ2n) is 8.03. The van der Waals surface area contributed by atoms with Gasteiger partial charge in [0.2, 0.25) is 5.91 Å². The van der Waals surface area contributed by atoms with Crippen molar-refractivity contribution in [3.63, 3.8) is 0 Å². The number of fused-ring (bicyclic) bond motifs is 1. The minimum Gasteiger partial charge on any atom is -0.486 e. The van der Waals surface area contributed by atoms with E-state index in [-0.39, 0.29) is 29.6 Å². The highest BCUT2D eigenvalue weighted by atomic mass is 19.4. The highest BCUT2D eigenvalue weighted by Gasteiger charge is 2.48. The second kappa shape index (κ2) is 9.68. The molecular formula is C23H24F3N3O4. The van der Waals surface area contributed by atoms with Crippen LogP contribution in [0.5, 0.6) is 11.5 Å². The van der Waals surface area contributed by atoms with E-state index < -0.39 is 24.0 Å². The Balaban J connectivity index is 1.77. The van der Waals surface area contributed by atoms with Gasteiger partial charge in [0.1, 0.15) is 19.3 Å². The summed E-state index contributed by atoms with van der Waals surface area (Å²) in [5.74, 6) is -2.27. The smallest absolute Gasteiger partial charge is 0.471 e. The fraction of sp³-hybridized carbons (Fsp3) is 0.435. The van der Waals surface area contributed by atoms with Crippen molar-refractivity contribution < 1.29 is 32.2 Å². The lowest BCUT2D eigenvalue weighted by Gasteiger charge is -2.34. The van der Waals surface area contributed by atoms with Gasteiger partial charge >= 0.3 is 12.1 Å². The van der Waals surface area contributed by atoms with Crippen LogP contribution in [0.25, 0.3) is 0 Å². The van der Waals surface area contributed by atoms with Crippen molar-refractivity contribution in [1.29, 1.82) is 0 Å². The maximum Gasteiger partial charge on any atom is 0.471 e. The molecule has 1 saturated carbocycles. The number of nitrogens with one attached hydrogen (secondary N) is 1. The molecule has 10 heteroatoms. The Morgan fingerprint density at radius 2 is 1.67 bits per heavy atom. The molecule has 1 N–H and O–H groups in total. The number of carbonyl (C=O) groups is 2. The molecule has 1 fully saturated rings. The molecule has 0 spiro atoms. The Kier molecular flexibility index (Phi) is 6.71. The molecule has 0 saturated heterocycles. The van der Waals surface area contributed by atoms with Crippen molar-refractivity contribution in [2.45, 2.75) is 50.4 Å². The number of ether oxygens (including phenoxy) is 2. The molecule has 0 bridgehead atoms. The third kappa shape index (κ3) is 5.20. The zero-order valence-electron chi connectivity index (χ0n) is 17.8. The second-order valence-corrected chi connectivity index (χ2v) is 8.03. The van der Waals surface area contributed by atoms with Crippen LogP contribution in [0.15, 0.2) is 42.7 Å². The van der Waals surface area contributed by atoms with Gasteiger partial charge in [-0.25, -0.2) is 0 Å². The molecule has 2 heterocycles. The fourth-order valence-electron chi connectivity index (χ4n) is 4.19. The van der Waals surface area contributed by atoms with E-state index in [4.69, 9.17) is 9.47 Å². The molecule has 176 valence electrons. The molecule has 7 nitrogen and oxygen atoms in total. The number of anilines is 1. The number of rotatable bonds is 5. The van der Waals surface area contributed by atoms with Crippen LogP contribution in [0.3, 0.4) is 0 Å². The quantitative estimate of drug-likeness (QED) is 0.727. The maximum atomic E-state index is 13.7. The summed E-state index contributed by atoms with van der Waals surface area (Å²) in [5.41, 5.74) is 0.0907. The summed E-state index contributed by atoms with van der Waals surface area (Å²) in [6.45, 7) is 0.528. The van der Waals surface area contributed by atoms with Crippen LogP contribution >= 0.6 is 0 Å². The van der Waals surface area contributed by atoms with Gasteiger partial charge in [0.25, 0.3) is 0 Å². The van der Waals surface area contributed by atoms with Crippen LogP contribution < -0.4 is 19.7 Å². The molecular weight excluding hydrogens is 439 g/mol. The first-order valence-electron chi connectivity index (χ1n) is 10.8. The molecule has 0 radical (unpaired) electrons. The van der Waals surface area contributed by atoms with Crippen LogP contribution in [-0.4, -0.2) is 42.2 Å². The van der Waals surface area contributed by atoms with Crippen LogP contribution in [0.1, 0.15) is 43.7 Å². The molecule has 1 unspecified atom stereocenters. The molecule has 2 aromatic rings. The Morgan fingerprint density at radius 3 is 2.33 bits per heavy atom. The van der Waals surface area contributed by atoms with Crippen LogP contribution in [0.4, 0.5) is 18.9 Å². The molecule has 2 aliphatic rings. The third-order valence-corrected chi connectivity index (χ3v) is 5.75. The number of aromatic nitrogens is 1. The summed E-state index contributed by atoms with van der Waals surface area (Å²) in [6.07, 6.45) is 1.93. The predicted molar refractivity (Wildman–Crippen MR) is 113 cm³/mol. The number of benzene rings is 1. The Labute approximate surface area is 188 Å². The number of amides is 2. The highest BCUT2D eigenvalue weighted by molar-refractivity contribution is 6.04. The number of halogens is 3. The number of pyridine rings is 1. The monoisotopic (exact) mass is 463 g/mol. The minimum absolute atomic E-state index is 0.123. The van der Waals surface area contributed by atoms with Gasteiger partial charge in [0, 0.05) is 30.2 Å². The van der Waals surface area contributed by atoms with Crippen molar-refractivity contribution in [2.75, 3.05) is 18.1 Å². The number of carbonyl (C=O) groups excluding carboxylic acids is 2. The molecule has 1 atom stereocenters. The predicted octanol–water partition coefficient (Wildman–Crippen LogP) is 3.94. The van der Waals surface area contributed by atoms with Gasteiger partial charge < -0.3 is 14.8 Å². The zero-order chi connectivity index (χ0) is 23.4. The summed E-state index contributed by atoms with van der Waals surface area (Å²) in [7, 11) is 0. The van der Waals surface area contributed by atoms with E-state index in [1.54, 1.807) is 0 Å². The molecule has 1 aromatic heterocycles. The van der Waals surface area contributed by atoms with Gasteiger partial charge in [-0.15, -0.1) is 0 Å². The SMILES string of the molecule is O=C(NC1CCCCC1)C(c1ccncc1)N(C(=O)C(F)(F)F)c1ccc2c(c1)OCCO2. The van der Waals surface area contributed by atoms with Gasteiger partial charge in [-0.2, -0.15) is 13.2 Å². The number of alkyl halides is 3. The normalized spacial score (nSPS) is 17.2. The Hall–Kier alpha value is -3.30. The van der Waals surface area contributed by atoms with Gasteiger partial charge in [0.05, 0.1) is 0 Å². The zero-order valence-corrected chi connectivity index (χ0v) is 17.8. The maximum absolute atomic E-state index is 13.7. The van der Waals surface area contributed by atoms with Gasteiger partial charge in [0.15, 0.2) is 11.5 Å². The molecule has 33 heavy (non-hydrogen) atoms. The average molecular weight is 463 g/mol. The van der Waals surface area contributed by atoms with Crippen molar-refractivity contribution in [1.82, 2.24) is 10.3 Å². The Morgan fingerprint density at radius 1 is 1.00 bits per heavy atom. The first-order valence-corrected chi connectivity index (χ1v) is 10.8. The van der Waals surface area contributed by atoms with E-state index in [1.165, 1.54) is 42.7 Å². The number of nitrogens with zero attached hydrogens (tertiary/aromatic N) is 2. The Bertz CT molecular complexity index is 994. The van der Waals surface area contributed by atoms with Gasteiger partial charge in [-0.3, -0.25) is 19.5 Å². The van der Waals surface area contributed by atoms with E-state index in [0.717, 1.165) is 32.1 Å². The first kappa shape index (κ1) is 22.9. The minimum atomic E-state index is -5.20. The number of hydrogen-bond acceptors (Lipinski definition) is 5. The van der Waals surface area contributed by atoms with Crippen LogP contribution in [-0.2, 0) is 9.59 Å². The highest BCUT2D eigenvalue weighted by Crippen LogP contribution is 2.39. The molecule has 1 aromatic carbocycles. The molecule has 2 amide bonds. The van der Waals surface area contributed by atoms with Crippen LogP contribution in [0.2, 0.25) is 0 Å². The molecule has 4 rings (SSSR count). The van der Waals surface area contributed by atoms with Crippen molar-refractivity contribution in [3.05, 3.63) is 48.3 Å². The first-order chi connectivity index (χ1) is 15.8. The van der Waals surface area contributed by atoms with E-state index in [0.29, 0.717) is 17.3 Å². The summed E-state index contributed by atoms with van der Waals surface area (Å²) >= 11 is 0. The average Bonchev–Trinajstić information content (AvgIpc) is 2.82. The van der Waals surface area contributed by atoms with Crippen molar-refractivity contribution in [2.24, 2.45) is 0 Å². The number of hydrogen-bond donors (Lipinski definition) is 1. The summed E-state index contributed by atoms with van der Waals surface area (Å²) < 4.78 is 52.1. The van der Waals surface area contributed by atoms with E-state index >= 15 is 0 Å². The van der Waals surface area contributed by atoms with Crippen molar-refractivity contribution in [3.8, 4) is 11.5 Å². The largest absolute Gasteiger partial charge is 0.486 e. The van der Waals surface area contributed by atoms with Crippen LogP contribution in [0, 0.1) is 0 Å². The molecule has 1 aliphatic carbocycles. The van der Waals surface area contributed by atoms with Crippen molar-refractivity contribution >= 4 is 17.5 Å². The van der Waals surface area contributed by atoms with Gasteiger partial charge in [-0.1, -0.05) is 19.3 Å². The van der Waals surface area contributed by atoms with E-state index in [9.17, 15) is 22.8 Å².